The molecule has 0 aromatic heterocycles. The second-order valence-corrected chi connectivity index (χ2v) is 3.93. The molecule has 1 unspecified atom stereocenters. The van der Waals surface area contributed by atoms with Crippen molar-refractivity contribution in [3.8, 4) is 0 Å². The lowest BCUT2D eigenvalue weighted by Gasteiger charge is -2.21. The van der Waals surface area contributed by atoms with Gasteiger partial charge in [0.1, 0.15) is 17.7 Å². The van der Waals surface area contributed by atoms with E-state index in [1.807, 2.05) is 0 Å². The Kier molecular flexibility index (Phi) is 4.36. The van der Waals surface area contributed by atoms with E-state index in [1.54, 1.807) is 0 Å². The van der Waals surface area contributed by atoms with Gasteiger partial charge in [-0.2, -0.15) is 0 Å². The molecular formula is C12H13F2NO3. The summed E-state index contributed by atoms with van der Waals surface area (Å²) in [6, 6.07) is 1.78. The van der Waals surface area contributed by atoms with E-state index in [9.17, 15) is 18.4 Å². The van der Waals surface area contributed by atoms with E-state index in [1.165, 1.54) is 14.0 Å². The molecule has 0 aliphatic rings. The van der Waals surface area contributed by atoms with Gasteiger partial charge >= 0.3 is 5.97 Å². The monoisotopic (exact) mass is 257 g/mol. The van der Waals surface area contributed by atoms with E-state index >= 15 is 0 Å². The number of halogens is 2. The van der Waals surface area contributed by atoms with Gasteiger partial charge in [0.05, 0.1) is 6.42 Å². The topological polar surface area (TPSA) is 57.6 Å². The van der Waals surface area contributed by atoms with Crippen molar-refractivity contribution >= 4 is 11.9 Å². The van der Waals surface area contributed by atoms with Crippen molar-refractivity contribution in [2.45, 2.75) is 19.4 Å². The smallest absolute Gasteiger partial charge is 0.326 e. The van der Waals surface area contributed by atoms with Gasteiger partial charge in [0.2, 0.25) is 5.91 Å². The molecule has 0 spiro atoms. The van der Waals surface area contributed by atoms with Crippen molar-refractivity contribution in [2.24, 2.45) is 0 Å². The molecule has 1 amide bonds. The molecule has 0 heterocycles. The van der Waals surface area contributed by atoms with Crippen molar-refractivity contribution < 1.29 is 23.5 Å². The summed E-state index contributed by atoms with van der Waals surface area (Å²) in [6.07, 6.45) is -0.377. The summed E-state index contributed by atoms with van der Waals surface area (Å²) in [7, 11) is 1.30. The minimum Gasteiger partial charge on any atom is -0.480 e. The van der Waals surface area contributed by atoms with Crippen LogP contribution in [0.4, 0.5) is 8.78 Å². The highest BCUT2D eigenvalue weighted by Gasteiger charge is 2.22. The van der Waals surface area contributed by atoms with Gasteiger partial charge in [-0.3, -0.25) is 4.79 Å². The summed E-state index contributed by atoms with van der Waals surface area (Å²) in [5, 5.41) is 8.74. The lowest BCUT2D eigenvalue weighted by Crippen LogP contribution is -2.41. The summed E-state index contributed by atoms with van der Waals surface area (Å²) in [4.78, 5) is 23.4. The maximum Gasteiger partial charge on any atom is 0.326 e. The Morgan fingerprint density at radius 1 is 1.39 bits per heavy atom. The fraction of sp³-hybridized carbons (Fsp3) is 0.333. The Balaban J connectivity index is 2.81. The molecule has 1 atom stereocenters. The van der Waals surface area contributed by atoms with Gasteiger partial charge < -0.3 is 10.0 Å². The number of carboxylic acids is 1. The Labute approximate surface area is 103 Å². The van der Waals surface area contributed by atoms with Crippen LogP contribution in [-0.2, 0) is 16.0 Å². The molecule has 98 valence electrons. The number of amides is 1. The van der Waals surface area contributed by atoms with Crippen LogP contribution in [-0.4, -0.2) is 35.0 Å². The number of likely N-dealkylation sites (N-methyl/N-ethyl adjacent to an activating group) is 1. The number of carbonyl (C=O) groups is 2. The zero-order valence-corrected chi connectivity index (χ0v) is 9.98. The number of rotatable bonds is 4. The Hall–Kier alpha value is -1.98. The highest BCUT2D eigenvalue weighted by atomic mass is 19.1. The van der Waals surface area contributed by atoms with Crippen LogP contribution < -0.4 is 0 Å². The first-order valence-corrected chi connectivity index (χ1v) is 5.25. The summed E-state index contributed by atoms with van der Waals surface area (Å²) in [6.45, 7) is 1.34. The summed E-state index contributed by atoms with van der Waals surface area (Å²) >= 11 is 0. The lowest BCUT2D eigenvalue weighted by molar-refractivity contribution is -0.148. The molecule has 0 aliphatic heterocycles. The zero-order valence-electron chi connectivity index (χ0n) is 9.98. The maximum absolute atomic E-state index is 13.3. The number of aliphatic carboxylic acids is 1. The van der Waals surface area contributed by atoms with Gasteiger partial charge in [-0.05, 0) is 25.1 Å². The molecule has 18 heavy (non-hydrogen) atoms. The van der Waals surface area contributed by atoms with E-state index in [2.05, 4.69) is 0 Å². The van der Waals surface area contributed by atoms with Crippen LogP contribution in [0.1, 0.15) is 12.5 Å². The van der Waals surface area contributed by atoms with Gasteiger partial charge in [-0.1, -0.05) is 0 Å². The van der Waals surface area contributed by atoms with Crippen molar-refractivity contribution in [1.29, 1.82) is 0 Å². The van der Waals surface area contributed by atoms with Gasteiger partial charge in [-0.15, -0.1) is 0 Å². The number of hydrogen-bond acceptors (Lipinski definition) is 2. The lowest BCUT2D eigenvalue weighted by atomic mass is 10.1. The van der Waals surface area contributed by atoms with Crippen LogP contribution in [0.25, 0.3) is 0 Å². The zero-order chi connectivity index (χ0) is 13.9. The van der Waals surface area contributed by atoms with Crippen LogP contribution >= 0.6 is 0 Å². The van der Waals surface area contributed by atoms with Crippen molar-refractivity contribution in [2.75, 3.05) is 7.05 Å². The molecule has 6 heteroatoms. The minimum atomic E-state index is -1.16. The van der Waals surface area contributed by atoms with E-state index < -0.39 is 29.6 Å². The Morgan fingerprint density at radius 3 is 2.56 bits per heavy atom. The fourth-order valence-electron chi connectivity index (χ4n) is 1.35. The number of nitrogens with zero attached hydrogens (tertiary/aromatic N) is 1. The van der Waals surface area contributed by atoms with Crippen molar-refractivity contribution in [3.05, 3.63) is 35.4 Å². The van der Waals surface area contributed by atoms with Crippen molar-refractivity contribution in [3.63, 3.8) is 0 Å². The normalized spacial score (nSPS) is 12.0. The second kappa shape index (κ2) is 5.57. The average Bonchev–Trinajstić information content (AvgIpc) is 2.31. The summed E-state index contributed by atoms with van der Waals surface area (Å²) in [5.41, 5.74) is -0.0931. The van der Waals surface area contributed by atoms with Crippen LogP contribution in [0.5, 0.6) is 0 Å². The third-order valence-electron chi connectivity index (χ3n) is 2.68. The van der Waals surface area contributed by atoms with Crippen molar-refractivity contribution in [1.82, 2.24) is 4.90 Å². The second-order valence-electron chi connectivity index (χ2n) is 3.93. The van der Waals surface area contributed by atoms with Crippen LogP contribution in [0.15, 0.2) is 18.2 Å². The average molecular weight is 257 g/mol. The third-order valence-corrected chi connectivity index (χ3v) is 2.68. The predicted octanol–water partition coefficient (Wildman–Crippen LogP) is 1.44. The first kappa shape index (κ1) is 14.1. The highest BCUT2D eigenvalue weighted by molar-refractivity contribution is 5.84. The molecule has 4 nitrogen and oxygen atoms in total. The molecule has 0 bridgehead atoms. The Morgan fingerprint density at radius 2 is 2.00 bits per heavy atom. The molecule has 0 fully saturated rings. The standard InChI is InChI=1S/C12H13F2NO3/c1-7(12(17)18)15(2)11(16)6-8-5-9(13)3-4-10(8)14/h3-5,7H,6H2,1-2H3,(H,17,18). The molecule has 0 aliphatic carbocycles. The van der Waals surface area contributed by atoms with Crippen LogP contribution in [0.3, 0.4) is 0 Å². The molecule has 0 saturated carbocycles. The van der Waals surface area contributed by atoms with Gasteiger partial charge in [0.25, 0.3) is 0 Å². The Bertz CT molecular complexity index is 476. The van der Waals surface area contributed by atoms with Crippen LogP contribution in [0, 0.1) is 11.6 Å². The summed E-state index contributed by atoms with van der Waals surface area (Å²) in [5.74, 6) is -3.09. The molecular weight excluding hydrogens is 244 g/mol. The van der Waals surface area contributed by atoms with Gasteiger partial charge in [0, 0.05) is 12.6 Å². The number of carboxylic acid groups (broad SMARTS) is 1. The number of benzene rings is 1. The quantitative estimate of drug-likeness (QED) is 0.887. The first-order chi connectivity index (χ1) is 8.32. The van der Waals surface area contributed by atoms with E-state index in [4.69, 9.17) is 5.11 Å². The minimum absolute atomic E-state index is 0.0931. The van der Waals surface area contributed by atoms with E-state index in [-0.39, 0.29) is 12.0 Å². The number of carbonyl (C=O) groups excluding carboxylic acids is 1. The molecule has 1 N–H and O–H groups in total. The van der Waals surface area contributed by atoms with Gasteiger partial charge in [-0.25, -0.2) is 13.6 Å². The third kappa shape index (κ3) is 3.26. The van der Waals surface area contributed by atoms with E-state index in [0.29, 0.717) is 0 Å². The van der Waals surface area contributed by atoms with E-state index in [0.717, 1.165) is 23.1 Å². The first-order valence-electron chi connectivity index (χ1n) is 5.25. The van der Waals surface area contributed by atoms with Gasteiger partial charge in [0.15, 0.2) is 0 Å². The van der Waals surface area contributed by atoms with Crippen LogP contribution in [0.2, 0.25) is 0 Å². The number of hydrogen-bond donors (Lipinski definition) is 1. The highest BCUT2D eigenvalue weighted by Crippen LogP contribution is 2.12. The predicted molar refractivity (Wildman–Crippen MR) is 59.9 cm³/mol. The molecule has 1 aromatic rings. The molecule has 0 radical (unpaired) electrons. The summed E-state index contributed by atoms with van der Waals surface area (Å²) < 4.78 is 26.2. The fourth-order valence-corrected chi connectivity index (χ4v) is 1.35. The molecule has 1 aromatic carbocycles. The largest absolute Gasteiger partial charge is 0.480 e. The maximum atomic E-state index is 13.3. The molecule has 1 rings (SSSR count). The molecule has 0 saturated heterocycles. The SMILES string of the molecule is CC(C(=O)O)N(C)C(=O)Cc1cc(F)ccc1F.